The summed E-state index contributed by atoms with van der Waals surface area (Å²) in [5.74, 6) is -1.16. The monoisotopic (exact) mass is 280 g/mol. The van der Waals surface area contributed by atoms with Crippen molar-refractivity contribution >= 4 is 34.0 Å². The SMILES string of the molecule is CC1=NN(CC(C)C)C(=O)[C@@H]1C(=O)Nc1nccs1. The van der Waals surface area contributed by atoms with Crippen LogP contribution in [0.2, 0.25) is 0 Å². The molecule has 7 heteroatoms. The van der Waals surface area contributed by atoms with Crippen LogP contribution in [0, 0.1) is 11.8 Å². The molecule has 2 rings (SSSR count). The van der Waals surface area contributed by atoms with Crippen molar-refractivity contribution in [2.75, 3.05) is 11.9 Å². The van der Waals surface area contributed by atoms with Crippen molar-refractivity contribution < 1.29 is 9.59 Å². The molecule has 0 saturated carbocycles. The van der Waals surface area contributed by atoms with E-state index in [2.05, 4.69) is 15.4 Å². The fourth-order valence-corrected chi connectivity index (χ4v) is 2.40. The summed E-state index contributed by atoms with van der Waals surface area (Å²) in [6, 6.07) is 0. The maximum Gasteiger partial charge on any atom is 0.261 e. The van der Waals surface area contributed by atoms with Crippen LogP contribution in [0.4, 0.5) is 5.13 Å². The van der Waals surface area contributed by atoms with Crippen molar-refractivity contribution in [1.82, 2.24) is 9.99 Å². The van der Waals surface area contributed by atoms with Crippen molar-refractivity contribution in [2.45, 2.75) is 20.8 Å². The van der Waals surface area contributed by atoms with Gasteiger partial charge in [-0.1, -0.05) is 13.8 Å². The fraction of sp³-hybridized carbons (Fsp3) is 0.500. The molecule has 0 saturated heterocycles. The van der Waals surface area contributed by atoms with Gasteiger partial charge in [0.25, 0.3) is 5.91 Å². The molecule has 1 N–H and O–H groups in total. The Morgan fingerprint density at radius 2 is 2.32 bits per heavy atom. The van der Waals surface area contributed by atoms with Crippen molar-refractivity contribution in [2.24, 2.45) is 16.9 Å². The second-order valence-electron chi connectivity index (χ2n) is 4.82. The number of carbonyl (C=O) groups excluding carboxylic acids is 2. The predicted molar refractivity (Wildman–Crippen MR) is 73.9 cm³/mol. The van der Waals surface area contributed by atoms with Gasteiger partial charge < -0.3 is 5.32 Å². The van der Waals surface area contributed by atoms with Crippen molar-refractivity contribution in [1.29, 1.82) is 0 Å². The summed E-state index contributed by atoms with van der Waals surface area (Å²) in [5.41, 5.74) is 0.528. The van der Waals surface area contributed by atoms with E-state index in [1.54, 1.807) is 18.5 Å². The van der Waals surface area contributed by atoms with Crippen LogP contribution in [0.3, 0.4) is 0 Å². The van der Waals surface area contributed by atoms with E-state index in [1.165, 1.54) is 16.3 Å². The van der Waals surface area contributed by atoms with E-state index >= 15 is 0 Å². The zero-order valence-corrected chi connectivity index (χ0v) is 11.9. The highest BCUT2D eigenvalue weighted by molar-refractivity contribution is 7.13. The third-order valence-electron chi connectivity index (χ3n) is 2.66. The number of thiazole rings is 1. The molecular formula is C12H16N4O2S. The molecule has 0 spiro atoms. The number of rotatable bonds is 4. The van der Waals surface area contributed by atoms with Crippen LogP contribution in [0.1, 0.15) is 20.8 Å². The Morgan fingerprint density at radius 3 is 2.89 bits per heavy atom. The summed E-state index contributed by atoms with van der Waals surface area (Å²) < 4.78 is 0. The summed E-state index contributed by atoms with van der Waals surface area (Å²) >= 11 is 1.32. The number of amides is 2. The first-order chi connectivity index (χ1) is 8.99. The molecule has 0 bridgehead atoms. The minimum atomic E-state index is -0.831. The highest BCUT2D eigenvalue weighted by Crippen LogP contribution is 2.20. The molecule has 0 fully saturated rings. The van der Waals surface area contributed by atoms with Crippen LogP contribution in [0.25, 0.3) is 0 Å². The Balaban J connectivity index is 2.07. The summed E-state index contributed by atoms with van der Waals surface area (Å²) in [6.07, 6.45) is 1.60. The number of aromatic nitrogens is 1. The van der Waals surface area contributed by atoms with E-state index < -0.39 is 5.92 Å². The molecule has 1 aromatic rings. The minimum absolute atomic E-state index is 0.264. The zero-order valence-electron chi connectivity index (χ0n) is 11.1. The first-order valence-corrected chi connectivity index (χ1v) is 6.94. The fourth-order valence-electron chi connectivity index (χ4n) is 1.87. The highest BCUT2D eigenvalue weighted by atomic mass is 32.1. The van der Waals surface area contributed by atoms with E-state index in [9.17, 15) is 9.59 Å². The molecule has 0 unspecified atom stereocenters. The van der Waals surface area contributed by atoms with E-state index in [1.807, 2.05) is 13.8 Å². The van der Waals surface area contributed by atoms with Gasteiger partial charge in [-0.3, -0.25) is 9.59 Å². The summed E-state index contributed by atoms with van der Waals surface area (Å²) in [6.45, 7) is 6.23. The summed E-state index contributed by atoms with van der Waals surface area (Å²) in [4.78, 5) is 28.2. The number of carbonyl (C=O) groups is 2. The Morgan fingerprint density at radius 1 is 1.58 bits per heavy atom. The molecule has 1 aliphatic rings. The normalized spacial score (nSPS) is 18.9. The van der Waals surface area contributed by atoms with Crippen LogP contribution in [0.15, 0.2) is 16.7 Å². The average Bonchev–Trinajstić information content (AvgIpc) is 2.88. The van der Waals surface area contributed by atoms with Crippen LogP contribution < -0.4 is 5.32 Å². The molecule has 1 aliphatic heterocycles. The second-order valence-corrected chi connectivity index (χ2v) is 5.71. The number of nitrogens with zero attached hydrogens (tertiary/aromatic N) is 3. The van der Waals surface area contributed by atoms with Gasteiger partial charge in [0, 0.05) is 18.1 Å². The number of hydrogen-bond acceptors (Lipinski definition) is 5. The Kier molecular flexibility index (Phi) is 3.94. The lowest BCUT2D eigenvalue weighted by molar-refractivity contribution is -0.136. The van der Waals surface area contributed by atoms with Crippen molar-refractivity contribution in [3.8, 4) is 0 Å². The van der Waals surface area contributed by atoms with Gasteiger partial charge in [-0.05, 0) is 12.8 Å². The van der Waals surface area contributed by atoms with Gasteiger partial charge in [-0.25, -0.2) is 9.99 Å². The topological polar surface area (TPSA) is 74.7 Å². The van der Waals surface area contributed by atoms with Crippen LogP contribution in [-0.4, -0.2) is 34.1 Å². The van der Waals surface area contributed by atoms with E-state index in [0.29, 0.717) is 23.3 Å². The first-order valence-electron chi connectivity index (χ1n) is 6.06. The van der Waals surface area contributed by atoms with Gasteiger partial charge in [0.1, 0.15) is 0 Å². The third-order valence-corrected chi connectivity index (χ3v) is 3.35. The lowest BCUT2D eigenvalue weighted by Gasteiger charge is -2.15. The predicted octanol–water partition coefficient (Wildman–Crippen LogP) is 1.57. The third kappa shape index (κ3) is 2.98. The minimum Gasteiger partial charge on any atom is -0.301 e. The lowest BCUT2D eigenvalue weighted by Crippen LogP contribution is -2.37. The summed E-state index contributed by atoms with van der Waals surface area (Å²) in [5, 5.41) is 10.4. The molecule has 0 radical (unpaired) electrons. The Bertz CT molecular complexity index is 510. The van der Waals surface area contributed by atoms with Gasteiger partial charge in [-0.15, -0.1) is 11.3 Å². The molecule has 1 atom stereocenters. The number of anilines is 1. The molecule has 2 amide bonds. The van der Waals surface area contributed by atoms with Crippen LogP contribution >= 0.6 is 11.3 Å². The van der Waals surface area contributed by atoms with Crippen molar-refractivity contribution in [3.63, 3.8) is 0 Å². The zero-order chi connectivity index (χ0) is 14.0. The molecule has 19 heavy (non-hydrogen) atoms. The first kappa shape index (κ1) is 13.7. The maximum atomic E-state index is 12.2. The average molecular weight is 280 g/mol. The van der Waals surface area contributed by atoms with Gasteiger partial charge in [0.2, 0.25) is 5.91 Å². The van der Waals surface area contributed by atoms with Gasteiger partial charge in [-0.2, -0.15) is 5.10 Å². The van der Waals surface area contributed by atoms with E-state index in [0.717, 1.165) is 0 Å². The van der Waals surface area contributed by atoms with E-state index in [4.69, 9.17) is 0 Å². The largest absolute Gasteiger partial charge is 0.301 e. The quantitative estimate of drug-likeness (QED) is 0.851. The van der Waals surface area contributed by atoms with Crippen LogP contribution in [0.5, 0.6) is 0 Å². The highest BCUT2D eigenvalue weighted by Gasteiger charge is 2.39. The molecule has 1 aromatic heterocycles. The molecule has 0 aliphatic carbocycles. The number of nitrogens with one attached hydrogen (secondary N) is 1. The van der Waals surface area contributed by atoms with Gasteiger partial charge in [0.15, 0.2) is 11.0 Å². The molecule has 0 aromatic carbocycles. The second kappa shape index (κ2) is 5.48. The lowest BCUT2D eigenvalue weighted by atomic mass is 10.0. The molecule has 6 nitrogen and oxygen atoms in total. The van der Waals surface area contributed by atoms with Gasteiger partial charge in [0.05, 0.1) is 5.71 Å². The van der Waals surface area contributed by atoms with Gasteiger partial charge >= 0.3 is 0 Å². The van der Waals surface area contributed by atoms with Crippen molar-refractivity contribution in [3.05, 3.63) is 11.6 Å². The maximum absolute atomic E-state index is 12.2. The Hall–Kier alpha value is -1.76. The molecule has 2 heterocycles. The molecular weight excluding hydrogens is 264 g/mol. The van der Waals surface area contributed by atoms with E-state index in [-0.39, 0.29) is 11.8 Å². The molecule has 102 valence electrons. The van der Waals surface area contributed by atoms with Crippen LogP contribution in [-0.2, 0) is 9.59 Å². The standard InChI is InChI=1S/C12H16N4O2S/c1-7(2)6-16-11(18)9(8(3)15-16)10(17)14-12-13-4-5-19-12/h4-5,7,9H,6H2,1-3H3,(H,13,14,17)/t9-/m0/s1. The number of hydrogen-bond donors (Lipinski definition) is 1. The smallest absolute Gasteiger partial charge is 0.261 e. The Labute approximate surface area is 115 Å². The number of hydrazone groups is 1. The summed E-state index contributed by atoms with van der Waals surface area (Å²) in [7, 11) is 0.